The van der Waals surface area contributed by atoms with Gasteiger partial charge in [-0.05, 0) is 70.9 Å². The summed E-state index contributed by atoms with van der Waals surface area (Å²) < 4.78 is 12.7. The lowest BCUT2D eigenvalue weighted by molar-refractivity contribution is -0.149. The van der Waals surface area contributed by atoms with Crippen LogP contribution in [-0.2, 0) is 32.9 Å². The number of fused-ring (bicyclic) bond motifs is 3. The van der Waals surface area contributed by atoms with Crippen LogP contribution < -0.4 is 20.1 Å². The van der Waals surface area contributed by atoms with Gasteiger partial charge in [-0.1, -0.05) is 85.9 Å². The molecule has 0 bridgehead atoms. The molecule has 0 aliphatic carbocycles. The van der Waals surface area contributed by atoms with E-state index < -0.39 is 19.8 Å². The Hall–Kier alpha value is -5.29. The van der Waals surface area contributed by atoms with Crippen molar-refractivity contribution in [3.8, 4) is 5.75 Å². The molecule has 1 fully saturated rings. The van der Waals surface area contributed by atoms with Gasteiger partial charge in [0.1, 0.15) is 5.75 Å². The number of aliphatic hydroxyl groups excluding tert-OH is 1. The predicted octanol–water partition coefficient (Wildman–Crippen LogP) is 6.64. The molecule has 9 rings (SSSR count). The summed E-state index contributed by atoms with van der Waals surface area (Å²) in [4.78, 5) is 46.5. The monoisotopic (exact) mass is 737 g/mol. The van der Waals surface area contributed by atoms with E-state index in [4.69, 9.17) is 9.47 Å². The molecule has 3 amide bonds. The molecule has 4 aliphatic rings. The van der Waals surface area contributed by atoms with E-state index in [0.717, 1.165) is 33.3 Å². The van der Waals surface area contributed by atoms with Crippen molar-refractivity contribution in [1.82, 2.24) is 4.90 Å². The molecular weight excluding hydrogens is 695 g/mol. The van der Waals surface area contributed by atoms with Crippen molar-refractivity contribution in [3.05, 3.63) is 125 Å². The summed E-state index contributed by atoms with van der Waals surface area (Å²) in [6, 6.07) is 33.2. The van der Waals surface area contributed by atoms with E-state index in [9.17, 15) is 19.5 Å². The van der Waals surface area contributed by atoms with Crippen LogP contribution in [0.25, 0.3) is 10.8 Å². The number of amides is 3. The maximum Gasteiger partial charge on any atom is 0.263 e. The van der Waals surface area contributed by atoms with Crippen LogP contribution in [0.5, 0.6) is 5.75 Å². The van der Waals surface area contributed by atoms with Gasteiger partial charge in [0.25, 0.3) is 11.8 Å². The Morgan fingerprint density at radius 3 is 2.44 bits per heavy atom. The first kappa shape index (κ1) is 34.5. The second-order valence-corrected chi connectivity index (χ2v) is 20.4. The summed E-state index contributed by atoms with van der Waals surface area (Å²) in [7, 11) is -0.876. The number of methoxy groups -OCH3 is 1. The van der Waals surface area contributed by atoms with Gasteiger partial charge in [0, 0.05) is 34.8 Å². The number of nitrogens with zero attached hydrogens (tertiary/aromatic N) is 2. The standard InChI is InChI=1S/C44H43N3O6Si/c1-26-41(54(3,4)33-18-16-32(52-2)17-19-33)38(23-39(49)46-24-29-10-6-5-9-28(29)21-31(46)25-48)53-44(26)35-22-30(15-20-36(35)45-43(44)51)47-37-14-8-12-27-11-7-13-34(40(27)37)42(47)50/h5-20,22,26,31,38,41,48H,21,23-25H2,1-4H3,(H,45,51)/t26-,31-,38+,41-,44+/m0/s1. The van der Waals surface area contributed by atoms with Gasteiger partial charge in [-0.25, -0.2) is 0 Å². The maximum atomic E-state index is 14.5. The molecule has 1 spiro atoms. The molecule has 1 saturated heterocycles. The molecule has 274 valence electrons. The van der Waals surface area contributed by atoms with E-state index >= 15 is 0 Å². The van der Waals surface area contributed by atoms with Crippen LogP contribution in [0.2, 0.25) is 18.6 Å². The number of rotatable bonds is 7. The SMILES string of the molecule is COc1ccc([Si](C)(C)[C@@H]2[C@@H](CC(=O)N3Cc4ccccc4C[C@H]3CO)O[C@]3(C(=O)Nc4ccc(N5C(=O)c6cccc7cccc5c67)cc43)[C@H]2C)cc1. The van der Waals surface area contributed by atoms with Crippen LogP contribution in [0.15, 0.2) is 103 Å². The van der Waals surface area contributed by atoms with Crippen molar-refractivity contribution < 1.29 is 29.0 Å². The summed E-state index contributed by atoms with van der Waals surface area (Å²) in [5.74, 6) is -0.0671. The molecule has 4 aliphatic heterocycles. The highest BCUT2D eigenvalue weighted by Crippen LogP contribution is 2.59. The lowest BCUT2D eigenvalue weighted by Crippen LogP contribution is -2.52. The van der Waals surface area contributed by atoms with Crippen LogP contribution >= 0.6 is 0 Å². The smallest absolute Gasteiger partial charge is 0.263 e. The summed E-state index contributed by atoms with van der Waals surface area (Å²) in [6.45, 7) is 6.92. The molecule has 10 heteroatoms. The Balaban J connectivity index is 1.13. The Kier molecular flexibility index (Phi) is 8.08. The van der Waals surface area contributed by atoms with Crippen LogP contribution in [0, 0.1) is 5.92 Å². The average Bonchev–Trinajstić information content (AvgIpc) is 3.76. The van der Waals surface area contributed by atoms with Gasteiger partial charge in [0.15, 0.2) is 5.60 Å². The molecule has 5 atom stereocenters. The number of nitrogens with one attached hydrogen (secondary N) is 1. The fourth-order valence-electron chi connectivity index (χ4n) is 9.96. The molecule has 0 saturated carbocycles. The normalized spacial score (nSPS) is 24.2. The van der Waals surface area contributed by atoms with E-state index in [0.29, 0.717) is 35.5 Å². The number of carbonyl (C=O) groups excluding carboxylic acids is 3. The second-order valence-electron chi connectivity index (χ2n) is 15.7. The quantitative estimate of drug-likeness (QED) is 0.181. The van der Waals surface area contributed by atoms with Crippen molar-refractivity contribution in [2.75, 3.05) is 23.9 Å². The van der Waals surface area contributed by atoms with E-state index in [1.807, 2.05) is 84.9 Å². The fourth-order valence-corrected chi connectivity index (χ4v) is 14.0. The minimum atomic E-state index is -2.52. The number of anilines is 3. The highest BCUT2D eigenvalue weighted by atomic mass is 28.3. The number of hydrogen-bond donors (Lipinski definition) is 2. The molecular formula is C44H43N3O6Si. The van der Waals surface area contributed by atoms with E-state index in [-0.39, 0.29) is 48.3 Å². The minimum absolute atomic E-state index is 0.0617. The third-order valence-electron chi connectivity index (χ3n) is 12.7. The zero-order valence-electron chi connectivity index (χ0n) is 30.8. The van der Waals surface area contributed by atoms with Crippen molar-refractivity contribution >= 4 is 58.8 Å². The molecule has 5 aromatic rings. The summed E-state index contributed by atoms with van der Waals surface area (Å²) in [5, 5.41) is 16.6. The van der Waals surface area contributed by atoms with Gasteiger partial charge in [-0.3, -0.25) is 19.3 Å². The Morgan fingerprint density at radius 1 is 0.963 bits per heavy atom. The lowest BCUT2D eigenvalue weighted by atomic mass is 9.82. The third kappa shape index (κ3) is 5.00. The van der Waals surface area contributed by atoms with Crippen molar-refractivity contribution in [2.45, 2.75) is 62.7 Å². The van der Waals surface area contributed by atoms with Gasteiger partial charge in [0.05, 0.1) is 51.6 Å². The van der Waals surface area contributed by atoms with Gasteiger partial charge in [-0.15, -0.1) is 0 Å². The Labute approximate surface area is 315 Å². The number of carbonyl (C=O) groups is 3. The van der Waals surface area contributed by atoms with E-state index in [2.05, 4.69) is 43.5 Å². The van der Waals surface area contributed by atoms with Crippen LogP contribution in [-0.4, -0.2) is 61.7 Å². The van der Waals surface area contributed by atoms with Crippen LogP contribution in [0.1, 0.15) is 40.4 Å². The highest BCUT2D eigenvalue weighted by Gasteiger charge is 2.65. The number of benzene rings is 5. The van der Waals surface area contributed by atoms with Gasteiger partial charge >= 0.3 is 0 Å². The van der Waals surface area contributed by atoms with E-state index in [1.54, 1.807) is 16.9 Å². The summed E-state index contributed by atoms with van der Waals surface area (Å²) in [6.07, 6.45) is 0.0387. The molecule has 9 nitrogen and oxygen atoms in total. The molecule has 4 heterocycles. The predicted molar refractivity (Wildman–Crippen MR) is 211 cm³/mol. The Morgan fingerprint density at radius 2 is 1.70 bits per heavy atom. The second kappa shape index (κ2) is 12.6. The molecule has 0 radical (unpaired) electrons. The largest absolute Gasteiger partial charge is 0.497 e. The Bertz CT molecular complexity index is 2360. The average molecular weight is 738 g/mol. The number of aliphatic hydroxyl groups is 1. The molecule has 2 N–H and O–H groups in total. The first-order chi connectivity index (χ1) is 26.1. The van der Waals surface area contributed by atoms with Gasteiger partial charge in [0.2, 0.25) is 5.91 Å². The third-order valence-corrected chi connectivity index (χ3v) is 17.0. The minimum Gasteiger partial charge on any atom is -0.497 e. The number of ether oxygens (including phenoxy) is 2. The van der Waals surface area contributed by atoms with Crippen molar-refractivity contribution in [2.24, 2.45) is 5.92 Å². The zero-order valence-corrected chi connectivity index (χ0v) is 31.8. The molecule has 0 aromatic heterocycles. The molecule has 54 heavy (non-hydrogen) atoms. The first-order valence-corrected chi connectivity index (χ1v) is 21.8. The fraction of sp³-hybridized carbons (Fsp3) is 0.295. The van der Waals surface area contributed by atoms with Crippen molar-refractivity contribution in [3.63, 3.8) is 0 Å². The topological polar surface area (TPSA) is 108 Å². The van der Waals surface area contributed by atoms with Crippen molar-refractivity contribution in [1.29, 1.82) is 0 Å². The van der Waals surface area contributed by atoms with E-state index in [1.165, 1.54) is 5.19 Å². The zero-order chi connectivity index (χ0) is 37.5. The summed E-state index contributed by atoms with van der Waals surface area (Å²) >= 11 is 0. The number of hydrogen-bond acceptors (Lipinski definition) is 6. The molecule has 0 unspecified atom stereocenters. The van der Waals surface area contributed by atoms with Crippen LogP contribution in [0.4, 0.5) is 17.1 Å². The summed E-state index contributed by atoms with van der Waals surface area (Å²) in [5.41, 5.74) is 4.06. The first-order valence-electron chi connectivity index (χ1n) is 18.7. The van der Waals surface area contributed by atoms with Crippen LogP contribution in [0.3, 0.4) is 0 Å². The lowest BCUT2D eigenvalue weighted by Gasteiger charge is -2.39. The van der Waals surface area contributed by atoms with Gasteiger partial charge in [-0.2, -0.15) is 0 Å². The molecule has 5 aromatic carbocycles. The maximum absolute atomic E-state index is 14.5. The highest BCUT2D eigenvalue weighted by molar-refractivity contribution is 6.91. The van der Waals surface area contributed by atoms with Gasteiger partial charge < -0.3 is 24.8 Å².